The smallest absolute Gasteiger partial charge is 0.319 e. The van der Waals surface area contributed by atoms with Crippen molar-refractivity contribution in [3.8, 4) is 0 Å². The minimum Gasteiger partial charge on any atom is -0.325 e. The van der Waals surface area contributed by atoms with Crippen LogP contribution >= 0.6 is 6.72 Å². The van der Waals surface area contributed by atoms with E-state index in [9.17, 15) is 0 Å². The van der Waals surface area contributed by atoms with Crippen molar-refractivity contribution in [1.29, 1.82) is 0 Å². The molecule has 0 aliphatic carbocycles. The van der Waals surface area contributed by atoms with E-state index < -0.39 is 6.72 Å². The SMILES string of the molecule is OP(O)(O)=S.[La]. The van der Waals surface area contributed by atoms with Crippen LogP contribution in [0.25, 0.3) is 0 Å². The summed E-state index contributed by atoms with van der Waals surface area (Å²) in [5.41, 5.74) is 0. The third-order valence-electron chi connectivity index (χ3n) is 0. The van der Waals surface area contributed by atoms with Crippen LogP contribution in [0.1, 0.15) is 0 Å². The Kier molecular flexibility index (Phi) is 6.56. The number of hydrogen-bond donors (Lipinski definition) is 3. The molecule has 0 aliphatic heterocycles. The molecule has 0 aliphatic rings. The van der Waals surface area contributed by atoms with Gasteiger partial charge < -0.3 is 14.7 Å². The van der Waals surface area contributed by atoms with E-state index in [1.807, 2.05) is 0 Å². The van der Waals surface area contributed by atoms with E-state index in [2.05, 4.69) is 11.8 Å². The fraction of sp³-hybridized carbons (Fsp3) is 0. The summed E-state index contributed by atoms with van der Waals surface area (Å²) in [6.45, 7) is -3.81. The first-order chi connectivity index (χ1) is 2.00. The topological polar surface area (TPSA) is 60.7 Å². The maximum Gasteiger partial charge on any atom is 0.319 e. The zero-order valence-electron chi connectivity index (χ0n) is 2.77. The van der Waals surface area contributed by atoms with Crippen molar-refractivity contribution in [2.45, 2.75) is 0 Å². The molecule has 0 fully saturated rings. The fourth-order valence-corrected chi connectivity index (χ4v) is 0. The molecule has 1 radical (unpaired) electrons. The van der Waals surface area contributed by atoms with Gasteiger partial charge in [0.25, 0.3) is 0 Å². The molecule has 3 nitrogen and oxygen atoms in total. The molecule has 0 atom stereocenters. The fourth-order valence-electron chi connectivity index (χ4n) is 0. The summed E-state index contributed by atoms with van der Waals surface area (Å²) in [5.74, 6) is 0. The molecule has 0 rings (SSSR count). The van der Waals surface area contributed by atoms with Gasteiger partial charge in [0.2, 0.25) is 0 Å². The van der Waals surface area contributed by atoms with Crippen LogP contribution in [0.5, 0.6) is 0 Å². The van der Waals surface area contributed by atoms with E-state index in [0.29, 0.717) is 0 Å². The van der Waals surface area contributed by atoms with Crippen LogP contribution in [0.15, 0.2) is 0 Å². The van der Waals surface area contributed by atoms with Crippen molar-refractivity contribution in [2.75, 3.05) is 0 Å². The Morgan fingerprint density at radius 2 is 1.17 bits per heavy atom. The Morgan fingerprint density at radius 3 is 1.17 bits per heavy atom. The Morgan fingerprint density at radius 1 is 1.17 bits per heavy atom. The van der Waals surface area contributed by atoms with E-state index in [4.69, 9.17) is 14.7 Å². The Balaban J connectivity index is 0. The Labute approximate surface area is 68.2 Å². The summed E-state index contributed by atoms with van der Waals surface area (Å²) in [5, 5.41) is 0. The van der Waals surface area contributed by atoms with Crippen LogP contribution < -0.4 is 0 Å². The van der Waals surface area contributed by atoms with Gasteiger partial charge in [0, 0.05) is 35.6 Å². The average molecular weight is 253 g/mol. The van der Waals surface area contributed by atoms with E-state index in [1.165, 1.54) is 0 Å². The zero-order chi connectivity index (χ0) is 4.50. The minimum atomic E-state index is -3.81. The van der Waals surface area contributed by atoms with Crippen molar-refractivity contribution in [3.63, 3.8) is 0 Å². The molecular weight excluding hydrogens is 250 g/mol. The van der Waals surface area contributed by atoms with Gasteiger partial charge in [-0.1, -0.05) is 0 Å². The molecule has 0 spiro atoms. The summed E-state index contributed by atoms with van der Waals surface area (Å²) < 4.78 is 0. The molecule has 35 valence electrons. The molecule has 0 aromatic heterocycles. The molecule has 0 saturated heterocycles. The standard InChI is InChI=1S/La.H3O3PS/c;1-4(2,3)5/h;(H3,1,2,3,5). The van der Waals surface area contributed by atoms with Gasteiger partial charge in [0.05, 0.1) is 0 Å². The summed E-state index contributed by atoms with van der Waals surface area (Å²) in [6.07, 6.45) is 0. The Bertz CT molecular complexity index is 56.9. The van der Waals surface area contributed by atoms with Gasteiger partial charge >= 0.3 is 6.72 Å². The average Bonchev–Trinajstić information content (AvgIpc) is 0.722. The first kappa shape index (κ1) is 10.7. The van der Waals surface area contributed by atoms with Gasteiger partial charge in [-0.05, 0) is 11.8 Å². The molecule has 3 N–H and O–H groups in total. The van der Waals surface area contributed by atoms with Gasteiger partial charge in [-0.25, -0.2) is 0 Å². The van der Waals surface area contributed by atoms with Gasteiger partial charge in [-0.3, -0.25) is 0 Å². The minimum absolute atomic E-state index is 0. The van der Waals surface area contributed by atoms with Crippen molar-refractivity contribution in [3.05, 3.63) is 0 Å². The summed E-state index contributed by atoms with van der Waals surface area (Å²) in [7, 11) is 0. The normalized spacial score (nSPS) is 9.83. The third-order valence-corrected chi connectivity index (χ3v) is 0. The molecule has 0 unspecified atom stereocenters. The van der Waals surface area contributed by atoms with Crippen molar-refractivity contribution >= 4 is 18.5 Å². The molecule has 6 heavy (non-hydrogen) atoms. The van der Waals surface area contributed by atoms with E-state index in [0.717, 1.165) is 0 Å². The second kappa shape index (κ2) is 3.69. The summed E-state index contributed by atoms with van der Waals surface area (Å²) in [6, 6.07) is 0. The van der Waals surface area contributed by atoms with Crippen LogP contribution in [0.3, 0.4) is 0 Å². The number of hydrogen-bond acceptors (Lipinski definition) is 1. The predicted molar refractivity (Wildman–Crippen MR) is 20.9 cm³/mol. The Hall–Kier alpha value is 1.72. The molecule has 6 heteroatoms. The van der Waals surface area contributed by atoms with Crippen molar-refractivity contribution in [1.82, 2.24) is 0 Å². The molecule has 0 aromatic rings. The van der Waals surface area contributed by atoms with Crippen LogP contribution in [0.2, 0.25) is 0 Å². The van der Waals surface area contributed by atoms with Gasteiger partial charge in [0.1, 0.15) is 0 Å². The number of rotatable bonds is 0. The second-order valence-corrected chi connectivity index (χ2v) is 3.01. The maximum absolute atomic E-state index is 7.56. The molecule has 0 heterocycles. The summed E-state index contributed by atoms with van der Waals surface area (Å²) in [4.78, 5) is 22.7. The maximum atomic E-state index is 7.56. The van der Waals surface area contributed by atoms with Crippen LogP contribution in [-0.4, -0.2) is 14.7 Å². The van der Waals surface area contributed by atoms with E-state index >= 15 is 0 Å². The first-order valence-electron chi connectivity index (χ1n) is 0.783. The second-order valence-electron chi connectivity index (χ2n) is 0.513. The summed E-state index contributed by atoms with van der Waals surface area (Å²) >= 11 is 3.60. The zero-order valence-corrected chi connectivity index (χ0v) is 8.11. The van der Waals surface area contributed by atoms with Crippen LogP contribution in [0, 0.1) is 35.6 Å². The van der Waals surface area contributed by atoms with Crippen LogP contribution in [0.4, 0.5) is 0 Å². The monoisotopic (exact) mass is 253 g/mol. The molecule has 0 bridgehead atoms. The molecule has 0 amide bonds. The van der Waals surface area contributed by atoms with Crippen molar-refractivity contribution < 1.29 is 50.3 Å². The van der Waals surface area contributed by atoms with Gasteiger partial charge in [-0.15, -0.1) is 0 Å². The molecule has 0 saturated carbocycles. The largest absolute Gasteiger partial charge is 0.325 e. The van der Waals surface area contributed by atoms with E-state index in [1.54, 1.807) is 0 Å². The predicted octanol–water partition coefficient (Wildman–Crippen LogP) is -0.812. The molecule has 0 aromatic carbocycles. The third kappa shape index (κ3) is 43.0. The van der Waals surface area contributed by atoms with Gasteiger partial charge in [-0.2, -0.15) is 0 Å². The van der Waals surface area contributed by atoms with Crippen molar-refractivity contribution in [2.24, 2.45) is 0 Å². The van der Waals surface area contributed by atoms with Gasteiger partial charge in [0.15, 0.2) is 0 Å². The first-order valence-corrected chi connectivity index (χ1v) is 3.44. The van der Waals surface area contributed by atoms with Crippen LogP contribution in [-0.2, 0) is 11.8 Å². The van der Waals surface area contributed by atoms with E-state index in [-0.39, 0.29) is 35.6 Å². The quantitative estimate of drug-likeness (QED) is 0.494. The molecular formula is H3LaO3PS.